The molecule has 3 aromatic rings. The minimum Gasteiger partial charge on any atom is -0.338 e. The number of amides is 1. The van der Waals surface area contributed by atoms with E-state index in [9.17, 15) is 9.18 Å². The van der Waals surface area contributed by atoms with Crippen molar-refractivity contribution in [1.82, 2.24) is 10.1 Å². The van der Waals surface area contributed by atoms with Crippen LogP contribution in [0.25, 0.3) is 11.4 Å². The number of nitrogens with two attached hydrogens (primary N) is 1. The summed E-state index contributed by atoms with van der Waals surface area (Å²) in [6.07, 6.45) is 0.422. The Morgan fingerprint density at radius 2 is 2.12 bits per heavy atom. The zero-order valence-corrected chi connectivity index (χ0v) is 14.1. The molecule has 0 spiro atoms. The Kier molecular flexibility index (Phi) is 3.81. The maximum atomic E-state index is 14.3. The fourth-order valence-corrected chi connectivity index (χ4v) is 3.11. The molecule has 0 bridgehead atoms. The van der Waals surface area contributed by atoms with E-state index in [1.165, 1.54) is 6.07 Å². The quantitative estimate of drug-likeness (QED) is 0.756. The van der Waals surface area contributed by atoms with E-state index in [1.54, 1.807) is 19.1 Å². The lowest BCUT2D eigenvalue weighted by Crippen LogP contribution is -2.43. The molecule has 2 aromatic carbocycles. The van der Waals surface area contributed by atoms with Crippen LogP contribution in [0.1, 0.15) is 23.9 Å². The van der Waals surface area contributed by atoms with E-state index < -0.39 is 11.2 Å². The Balaban J connectivity index is 1.71. The van der Waals surface area contributed by atoms with Gasteiger partial charge in [-0.05, 0) is 42.7 Å². The topological polar surface area (TPSA) is 94.0 Å². The largest absolute Gasteiger partial charge is 0.338 e. The molecule has 0 aliphatic carbocycles. The smallest absolute Gasteiger partial charge is 0.242 e. The molecular weight excluding hydrogens is 335 g/mol. The number of nitrogens with zero attached hydrogens (tertiary/aromatic N) is 2. The highest BCUT2D eigenvalue weighted by atomic mass is 19.1. The Labute approximate surface area is 149 Å². The van der Waals surface area contributed by atoms with Crippen molar-refractivity contribution in [3.8, 4) is 11.4 Å². The summed E-state index contributed by atoms with van der Waals surface area (Å²) in [5, 5.41) is 6.75. The van der Waals surface area contributed by atoms with Crippen molar-refractivity contribution in [2.75, 3.05) is 5.32 Å². The van der Waals surface area contributed by atoms with Crippen LogP contribution in [0.15, 0.2) is 47.0 Å². The van der Waals surface area contributed by atoms with Crippen molar-refractivity contribution >= 4 is 11.6 Å². The van der Waals surface area contributed by atoms with Gasteiger partial charge in [0.15, 0.2) is 0 Å². The molecule has 1 aliphatic rings. The summed E-state index contributed by atoms with van der Waals surface area (Å²) in [4.78, 5) is 17.0. The zero-order chi connectivity index (χ0) is 18.3. The molecule has 1 atom stereocenters. The third-order valence-corrected chi connectivity index (χ3v) is 4.72. The first-order valence-corrected chi connectivity index (χ1v) is 8.23. The molecule has 4 rings (SSSR count). The van der Waals surface area contributed by atoms with Gasteiger partial charge in [0.25, 0.3) is 0 Å². The number of para-hydroxylation sites is 1. The fraction of sp³-hybridized carbons (Fsp3) is 0.211. The van der Waals surface area contributed by atoms with Crippen LogP contribution in [-0.2, 0) is 23.2 Å². The molecule has 0 saturated carbocycles. The molecule has 2 heterocycles. The maximum Gasteiger partial charge on any atom is 0.242 e. The van der Waals surface area contributed by atoms with Gasteiger partial charge >= 0.3 is 0 Å². The molecule has 1 unspecified atom stereocenters. The first-order chi connectivity index (χ1) is 12.5. The normalized spacial score (nSPS) is 19.1. The lowest BCUT2D eigenvalue weighted by molar-refractivity contribution is -0.122. The van der Waals surface area contributed by atoms with Crippen molar-refractivity contribution in [3.05, 3.63) is 65.3 Å². The Morgan fingerprint density at radius 1 is 1.31 bits per heavy atom. The summed E-state index contributed by atoms with van der Waals surface area (Å²) in [5.74, 6) is -0.454. The van der Waals surface area contributed by atoms with Gasteiger partial charge in [-0.15, -0.1) is 0 Å². The molecular formula is C19H17FN4O2. The fourth-order valence-electron chi connectivity index (χ4n) is 3.11. The van der Waals surface area contributed by atoms with Crippen LogP contribution in [0.3, 0.4) is 0 Å². The average molecular weight is 352 g/mol. The molecule has 1 amide bonds. The number of halogens is 1. The van der Waals surface area contributed by atoms with Gasteiger partial charge in [0.2, 0.25) is 17.6 Å². The van der Waals surface area contributed by atoms with Crippen LogP contribution < -0.4 is 11.1 Å². The highest BCUT2D eigenvalue weighted by molar-refractivity contribution is 6.01. The first-order valence-electron chi connectivity index (χ1n) is 8.23. The molecule has 0 saturated heterocycles. The van der Waals surface area contributed by atoms with Gasteiger partial charge in [-0.2, -0.15) is 4.98 Å². The summed E-state index contributed by atoms with van der Waals surface area (Å²) in [7, 11) is 0. The molecule has 26 heavy (non-hydrogen) atoms. The minimum atomic E-state index is -1.02. The standard InChI is InChI=1S/C19H17FN4O2/c1-19(9-12-4-2-3-5-15(12)22-17(19)25)18-23-16(24-26-18)13-7-6-11(10-21)8-14(13)20/h2-8H,9-10,21H2,1H3,(H,22,25). The van der Waals surface area contributed by atoms with Crippen LogP contribution in [0.2, 0.25) is 0 Å². The molecule has 3 N–H and O–H groups in total. The van der Waals surface area contributed by atoms with Crippen LogP contribution in [0, 0.1) is 5.82 Å². The summed E-state index contributed by atoms with van der Waals surface area (Å²) in [5.41, 5.74) is 7.13. The number of rotatable bonds is 3. The van der Waals surface area contributed by atoms with Crippen molar-refractivity contribution in [2.24, 2.45) is 5.73 Å². The molecule has 6 nitrogen and oxygen atoms in total. The third-order valence-electron chi connectivity index (χ3n) is 4.72. The predicted octanol–water partition coefficient (Wildman–Crippen LogP) is 2.79. The number of carbonyl (C=O) groups excluding carboxylic acids is 1. The Bertz CT molecular complexity index is 1000. The summed E-state index contributed by atoms with van der Waals surface area (Å²) >= 11 is 0. The lowest BCUT2D eigenvalue weighted by Gasteiger charge is -2.30. The van der Waals surface area contributed by atoms with E-state index in [0.717, 1.165) is 11.3 Å². The highest BCUT2D eigenvalue weighted by Crippen LogP contribution is 2.36. The van der Waals surface area contributed by atoms with Gasteiger partial charge in [0.05, 0.1) is 5.56 Å². The van der Waals surface area contributed by atoms with Gasteiger partial charge < -0.3 is 15.6 Å². The van der Waals surface area contributed by atoms with Crippen molar-refractivity contribution in [3.63, 3.8) is 0 Å². The number of carbonyl (C=O) groups is 1. The van der Waals surface area contributed by atoms with E-state index in [-0.39, 0.29) is 29.7 Å². The second-order valence-corrected chi connectivity index (χ2v) is 6.56. The number of nitrogens with one attached hydrogen (secondary N) is 1. The highest BCUT2D eigenvalue weighted by Gasteiger charge is 2.44. The van der Waals surface area contributed by atoms with E-state index in [4.69, 9.17) is 10.3 Å². The lowest BCUT2D eigenvalue weighted by atomic mass is 9.79. The molecule has 132 valence electrons. The van der Waals surface area contributed by atoms with Crippen LogP contribution in [0.4, 0.5) is 10.1 Å². The van der Waals surface area contributed by atoms with Crippen molar-refractivity contribution in [2.45, 2.75) is 25.3 Å². The van der Waals surface area contributed by atoms with Gasteiger partial charge in [0.1, 0.15) is 11.2 Å². The van der Waals surface area contributed by atoms with Crippen molar-refractivity contribution < 1.29 is 13.7 Å². The zero-order valence-electron chi connectivity index (χ0n) is 14.1. The van der Waals surface area contributed by atoms with Gasteiger partial charge in [0, 0.05) is 12.2 Å². The predicted molar refractivity (Wildman–Crippen MR) is 93.7 cm³/mol. The monoisotopic (exact) mass is 352 g/mol. The number of hydrogen-bond acceptors (Lipinski definition) is 5. The maximum absolute atomic E-state index is 14.3. The SMILES string of the molecule is CC1(c2nc(-c3ccc(CN)cc3F)no2)Cc2ccccc2NC1=O. The number of hydrogen-bond donors (Lipinski definition) is 2. The number of aromatic nitrogens is 2. The van der Waals surface area contributed by atoms with E-state index in [2.05, 4.69) is 15.5 Å². The van der Waals surface area contributed by atoms with Crippen LogP contribution >= 0.6 is 0 Å². The van der Waals surface area contributed by atoms with E-state index >= 15 is 0 Å². The number of benzene rings is 2. The summed E-state index contributed by atoms with van der Waals surface area (Å²) in [6, 6.07) is 12.2. The van der Waals surface area contributed by atoms with Gasteiger partial charge in [-0.3, -0.25) is 4.79 Å². The average Bonchev–Trinajstić information content (AvgIpc) is 3.13. The second-order valence-electron chi connectivity index (χ2n) is 6.56. The molecule has 0 fully saturated rings. The van der Waals surface area contributed by atoms with Gasteiger partial charge in [-0.1, -0.05) is 29.4 Å². The summed E-state index contributed by atoms with van der Waals surface area (Å²) in [6.45, 7) is 1.98. The van der Waals surface area contributed by atoms with E-state index in [1.807, 2.05) is 24.3 Å². The van der Waals surface area contributed by atoms with E-state index in [0.29, 0.717) is 12.0 Å². The number of anilines is 1. The Morgan fingerprint density at radius 3 is 2.88 bits per heavy atom. The van der Waals surface area contributed by atoms with Gasteiger partial charge in [-0.25, -0.2) is 4.39 Å². The number of fused-ring (bicyclic) bond motifs is 1. The molecule has 1 aliphatic heterocycles. The first kappa shape index (κ1) is 16.4. The molecule has 1 aromatic heterocycles. The Hall–Kier alpha value is -3.06. The van der Waals surface area contributed by atoms with Crippen molar-refractivity contribution in [1.29, 1.82) is 0 Å². The van der Waals surface area contributed by atoms with Crippen LogP contribution in [0.5, 0.6) is 0 Å². The second kappa shape index (κ2) is 6.03. The molecule has 0 radical (unpaired) electrons. The summed E-state index contributed by atoms with van der Waals surface area (Å²) < 4.78 is 19.6. The minimum absolute atomic E-state index is 0.106. The molecule has 7 heteroatoms. The third kappa shape index (κ3) is 2.57. The van der Waals surface area contributed by atoms with Crippen LogP contribution in [-0.4, -0.2) is 16.0 Å².